The largest absolute Gasteiger partial charge is 0.507 e. The lowest BCUT2D eigenvalue weighted by molar-refractivity contribution is -0.116. The fraction of sp³-hybridized carbons (Fsp3) is 0.562. The third-order valence-electron chi connectivity index (χ3n) is 4.08. The zero-order valence-corrected chi connectivity index (χ0v) is 14.3. The van der Waals surface area contributed by atoms with E-state index in [1.165, 1.54) is 19.3 Å². The number of phenolic OH excluding ortho intramolecular Hbond substituents is 1. The number of aromatic hydroxyl groups is 1. The zero-order valence-electron chi connectivity index (χ0n) is 12.2. The highest BCUT2D eigenvalue weighted by Gasteiger charge is 2.26. The highest BCUT2D eigenvalue weighted by molar-refractivity contribution is 14.1. The van der Waals surface area contributed by atoms with E-state index in [-0.39, 0.29) is 5.91 Å². The van der Waals surface area contributed by atoms with Crippen molar-refractivity contribution in [3.05, 3.63) is 23.3 Å². The Morgan fingerprint density at radius 2 is 1.80 bits per heavy atom. The second kappa shape index (κ2) is 6.78. The molecule has 3 nitrogen and oxygen atoms in total. The van der Waals surface area contributed by atoms with Crippen LogP contribution in [0.2, 0.25) is 0 Å². The van der Waals surface area contributed by atoms with Gasteiger partial charge in [0, 0.05) is 11.7 Å². The average molecular weight is 387 g/mol. The molecule has 0 heterocycles. The summed E-state index contributed by atoms with van der Waals surface area (Å²) >= 11 is 2.14. The summed E-state index contributed by atoms with van der Waals surface area (Å²) in [5, 5.41) is 9.91. The molecule has 0 saturated heterocycles. The van der Waals surface area contributed by atoms with Crippen LogP contribution in [-0.2, 0) is 4.79 Å². The third kappa shape index (κ3) is 3.27. The van der Waals surface area contributed by atoms with E-state index in [1.54, 1.807) is 0 Å². The van der Waals surface area contributed by atoms with Crippen LogP contribution in [0.3, 0.4) is 0 Å². The van der Waals surface area contributed by atoms with Crippen LogP contribution in [0, 0.1) is 13.8 Å². The first-order valence-electron chi connectivity index (χ1n) is 7.23. The van der Waals surface area contributed by atoms with Crippen molar-refractivity contribution in [2.75, 3.05) is 9.33 Å². The van der Waals surface area contributed by atoms with E-state index in [4.69, 9.17) is 0 Å². The van der Waals surface area contributed by atoms with Gasteiger partial charge in [0.1, 0.15) is 5.75 Å². The predicted molar refractivity (Wildman–Crippen MR) is 90.8 cm³/mol. The van der Waals surface area contributed by atoms with Gasteiger partial charge in [-0.05, 0) is 49.9 Å². The van der Waals surface area contributed by atoms with Crippen molar-refractivity contribution < 1.29 is 9.90 Å². The van der Waals surface area contributed by atoms with Crippen LogP contribution in [0.1, 0.15) is 43.2 Å². The summed E-state index contributed by atoms with van der Waals surface area (Å²) < 4.78 is 0.493. The summed E-state index contributed by atoms with van der Waals surface area (Å²) in [6.45, 7) is 3.78. The Labute approximate surface area is 134 Å². The maximum atomic E-state index is 12.4. The number of amides is 1. The number of benzene rings is 1. The van der Waals surface area contributed by atoms with Crippen molar-refractivity contribution in [2.24, 2.45) is 0 Å². The molecule has 1 aliphatic rings. The summed E-state index contributed by atoms with van der Waals surface area (Å²) in [7, 11) is 0. The number of carbonyl (C=O) groups excluding carboxylic acids is 1. The number of hydrogen-bond acceptors (Lipinski definition) is 2. The molecule has 1 saturated carbocycles. The van der Waals surface area contributed by atoms with E-state index in [1.807, 2.05) is 30.9 Å². The fourth-order valence-electron chi connectivity index (χ4n) is 3.03. The Hall–Kier alpha value is -0.780. The quantitative estimate of drug-likeness (QED) is 0.627. The summed E-state index contributed by atoms with van der Waals surface area (Å²) in [5.41, 5.74) is 2.61. The molecule has 0 unspecified atom stereocenters. The Kier molecular flexibility index (Phi) is 5.29. The van der Waals surface area contributed by atoms with Crippen molar-refractivity contribution in [1.29, 1.82) is 0 Å². The second-order valence-electron chi connectivity index (χ2n) is 5.62. The van der Waals surface area contributed by atoms with E-state index in [9.17, 15) is 9.90 Å². The Balaban J connectivity index is 2.37. The first-order chi connectivity index (χ1) is 9.54. The van der Waals surface area contributed by atoms with Crippen molar-refractivity contribution in [2.45, 2.75) is 52.0 Å². The molecule has 0 aromatic heterocycles. The van der Waals surface area contributed by atoms with Gasteiger partial charge >= 0.3 is 0 Å². The molecule has 1 amide bonds. The first kappa shape index (κ1) is 15.6. The van der Waals surface area contributed by atoms with Gasteiger partial charge in [0.05, 0.1) is 4.43 Å². The number of hydrogen-bond donors (Lipinski definition) is 1. The number of aryl methyl sites for hydroxylation is 2. The van der Waals surface area contributed by atoms with Gasteiger partial charge in [0.15, 0.2) is 0 Å². The van der Waals surface area contributed by atoms with E-state index in [2.05, 4.69) is 22.6 Å². The molecular weight excluding hydrogens is 365 g/mol. The van der Waals surface area contributed by atoms with Crippen LogP contribution in [-0.4, -0.2) is 21.5 Å². The number of phenols is 1. The molecule has 0 atom stereocenters. The van der Waals surface area contributed by atoms with Gasteiger partial charge in [-0.3, -0.25) is 4.79 Å². The molecule has 4 heteroatoms. The summed E-state index contributed by atoms with van der Waals surface area (Å²) in [6.07, 6.45) is 5.84. The SMILES string of the molecule is Cc1cc(N(C(=O)CI)C2CCCCC2)cc(C)c1O. The molecule has 1 aliphatic carbocycles. The molecule has 1 fully saturated rings. The molecule has 0 spiro atoms. The van der Waals surface area contributed by atoms with Crippen molar-refractivity contribution >= 4 is 34.2 Å². The number of carbonyl (C=O) groups is 1. The zero-order chi connectivity index (χ0) is 14.7. The molecule has 0 aliphatic heterocycles. The number of alkyl halides is 1. The van der Waals surface area contributed by atoms with Gasteiger partial charge in [0.25, 0.3) is 0 Å². The third-order valence-corrected chi connectivity index (χ3v) is 4.73. The second-order valence-corrected chi connectivity index (χ2v) is 6.38. The Morgan fingerprint density at radius 1 is 1.25 bits per heavy atom. The molecule has 2 rings (SSSR count). The molecule has 0 radical (unpaired) electrons. The van der Waals surface area contributed by atoms with Gasteiger partial charge in [-0.25, -0.2) is 0 Å². The van der Waals surface area contributed by atoms with E-state index in [0.717, 1.165) is 29.7 Å². The van der Waals surface area contributed by atoms with Gasteiger partial charge in [-0.1, -0.05) is 41.9 Å². The molecule has 0 bridgehead atoms. The molecule has 110 valence electrons. The van der Waals surface area contributed by atoms with E-state index in [0.29, 0.717) is 16.2 Å². The highest BCUT2D eigenvalue weighted by atomic mass is 127. The van der Waals surface area contributed by atoms with Crippen LogP contribution in [0.25, 0.3) is 0 Å². The number of anilines is 1. The van der Waals surface area contributed by atoms with Gasteiger partial charge < -0.3 is 10.0 Å². The monoisotopic (exact) mass is 387 g/mol. The Bertz CT molecular complexity index is 472. The molecular formula is C16H22INO2. The lowest BCUT2D eigenvalue weighted by atomic mass is 9.93. The Morgan fingerprint density at radius 3 is 2.30 bits per heavy atom. The van der Waals surface area contributed by atoms with Crippen molar-refractivity contribution in [1.82, 2.24) is 0 Å². The standard InChI is InChI=1S/C16H22INO2/c1-11-8-14(9-12(2)16(11)20)18(15(19)10-17)13-6-4-3-5-7-13/h8-9,13,20H,3-7,10H2,1-2H3. The highest BCUT2D eigenvalue weighted by Crippen LogP contribution is 2.32. The average Bonchev–Trinajstić information content (AvgIpc) is 2.46. The van der Waals surface area contributed by atoms with Crippen LogP contribution in [0.5, 0.6) is 5.75 Å². The molecule has 1 aromatic rings. The fourth-order valence-corrected chi connectivity index (χ4v) is 3.40. The summed E-state index contributed by atoms with van der Waals surface area (Å²) in [5.74, 6) is 0.501. The molecule has 20 heavy (non-hydrogen) atoms. The van der Waals surface area contributed by atoms with Gasteiger partial charge in [0.2, 0.25) is 5.91 Å². The lowest BCUT2D eigenvalue weighted by Gasteiger charge is -2.34. The van der Waals surface area contributed by atoms with Crippen LogP contribution >= 0.6 is 22.6 Å². The normalized spacial score (nSPS) is 16.1. The van der Waals surface area contributed by atoms with Crippen molar-refractivity contribution in [3.8, 4) is 5.75 Å². The maximum Gasteiger partial charge on any atom is 0.237 e. The van der Waals surface area contributed by atoms with Gasteiger partial charge in [-0.2, -0.15) is 0 Å². The molecule has 1 aromatic carbocycles. The minimum Gasteiger partial charge on any atom is -0.507 e. The van der Waals surface area contributed by atoms with Crippen molar-refractivity contribution in [3.63, 3.8) is 0 Å². The minimum atomic E-state index is 0.169. The topological polar surface area (TPSA) is 40.5 Å². The predicted octanol–water partition coefficient (Wildman–Crippen LogP) is 4.11. The summed E-state index contributed by atoms with van der Waals surface area (Å²) in [6, 6.07) is 4.18. The summed E-state index contributed by atoms with van der Waals surface area (Å²) in [4.78, 5) is 14.3. The maximum absolute atomic E-state index is 12.4. The van der Waals surface area contributed by atoms with E-state index < -0.39 is 0 Å². The minimum absolute atomic E-state index is 0.169. The number of rotatable bonds is 3. The molecule has 1 N–H and O–H groups in total. The van der Waals surface area contributed by atoms with Crippen LogP contribution in [0.15, 0.2) is 12.1 Å². The number of halogens is 1. The first-order valence-corrected chi connectivity index (χ1v) is 8.75. The van der Waals surface area contributed by atoms with E-state index >= 15 is 0 Å². The number of nitrogens with zero attached hydrogens (tertiary/aromatic N) is 1. The smallest absolute Gasteiger partial charge is 0.237 e. The van der Waals surface area contributed by atoms with Crippen LogP contribution < -0.4 is 4.90 Å². The lowest BCUT2D eigenvalue weighted by Crippen LogP contribution is -2.42. The van der Waals surface area contributed by atoms with Crippen LogP contribution in [0.4, 0.5) is 5.69 Å². The van der Waals surface area contributed by atoms with Gasteiger partial charge in [-0.15, -0.1) is 0 Å².